The van der Waals surface area contributed by atoms with Crippen molar-refractivity contribution >= 4 is 11.8 Å². The van der Waals surface area contributed by atoms with E-state index in [0.29, 0.717) is 0 Å². The molecule has 2 aliphatic heterocycles. The van der Waals surface area contributed by atoms with Crippen LogP contribution in [-0.2, 0) is 12.0 Å². The van der Waals surface area contributed by atoms with E-state index >= 15 is 0 Å². The van der Waals surface area contributed by atoms with E-state index in [1.165, 1.54) is 50.0 Å². The van der Waals surface area contributed by atoms with E-state index in [4.69, 9.17) is 0 Å². The number of fused-ring (bicyclic) bond motifs is 3. The van der Waals surface area contributed by atoms with E-state index in [-0.39, 0.29) is 5.54 Å². The molecular formula is C19H27N4S+. The lowest BCUT2D eigenvalue weighted by molar-refractivity contribution is -0.902. The summed E-state index contributed by atoms with van der Waals surface area (Å²) in [5.74, 6) is 2.17. The molecule has 5 heteroatoms. The zero-order chi connectivity index (χ0) is 16.6. The SMILES string of the molecule is CC1(C)Cc2ccccc2-c2nnc(SCC[NH+]3CCCCC3)n21. The number of rotatable bonds is 4. The number of piperidine rings is 1. The minimum absolute atomic E-state index is 0.0352. The fraction of sp³-hybridized carbons (Fsp3) is 0.579. The predicted octanol–water partition coefficient (Wildman–Crippen LogP) is 2.40. The lowest BCUT2D eigenvalue weighted by atomic mass is 9.87. The quantitative estimate of drug-likeness (QED) is 0.866. The number of hydrogen-bond donors (Lipinski definition) is 1. The molecular weight excluding hydrogens is 316 g/mol. The van der Waals surface area contributed by atoms with Crippen molar-refractivity contribution in [2.75, 3.05) is 25.4 Å². The largest absolute Gasteiger partial charge is 0.334 e. The van der Waals surface area contributed by atoms with Crippen LogP contribution in [0.3, 0.4) is 0 Å². The maximum atomic E-state index is 4.54. The Morgan fingerprint density at radius 1 is 1.12 bits per heavy atom. The van der Waals surface area contributed by atoms with Gasteiger partial charge in [0.25, 0.3) is 0 Å². The maximum absolute atomic E-state index is 4.54. The normalized spacial score (nSPS) is 19.8. The molecule has 4 nitrogen and oxygen atoms in total. The zero-order valence-corrected chi connectivity index (χ0v) is 15.5. The van der Waals surface area contributed by atoms with Gasteiger partial charge in [0.15, 0.2) is 11.0 Å². The van der Waals surface area contributed by atoms with Gasteiger partial charge in [-0.3, -0.25) is 4.57 Å². The highest BCUT2D eigenvalue weighted by atomic mass is 32.2. The summed E-state index contributed by atoms with van der Waals surface area (Å²) in [7, 11) is 0. The Morgan fingerprint density at radius 3 is 2.75 bits per heavy atom. The first kappa shape index (κ1) is 16.2. The van der Waals surface area contributed by atoms with E-state index < -0.39 is 0 Å². The Balaban J connectivity index is 1.53. The van der Waals surface area contributed by atoms with Gasteiger partial charge in [-0.1, -0.05) is 36.0 Å². The van der Waals surface area contributed by atoms with Crippen molar-refractivity contribution in [3.63, 3.8) is 0 Å². The molecule has 0 unspecified atom stereocenters. The van der Waals surface area contributed by atoms with Gasteiger partial charge < -0.3 is 4.90 Å². The van der Waals surface area contributed by atoms with Crippen LogP contribution in [0.1, 0.15) is 38.7 Å². The summed E-state index contributed by atoms with van der Waals surface area (Å²) in [6.07, 6.45) is 5.25. The summed E-state index contributed by atoms with van der Waals surface area (Å²) >= 11 is 1.88. The van der Waals surface area contributed by atoms with Gasteiger partial charge in [0, 0.05) is 11.1 Å². The third kappa shape index (κ3) is 3.00. The molecule has 3 heterocycles. The van der Waals surface area contributed by atoms with Gasteiger partial charge in [-0.2, -0.15) is 0 Å². The number of nitrogens with one attached hydrogen (secondary N) is 1. The van der Waals surface area contributed by atoms with Crippen molar-refractivity contribution in [3.8, 4) is 11.4 Å². The highest BCUT2D eigenvalue weighted by Crippen LogP contribution is 2.39. The van der Waals surface area contributed by atoms with Crippen molar-refractivity contribution in [1.29, 1.82) is 0 Å². The van der Waals surface area contributed by atoms with E-state index in [1.807, 2.05) is 11.8 Å². The predicted molar refractivity (Wildman–Crippen MR) is 98.6 cm³/mol. The third-order valence-electron chi connectivity index (χ3n) is 5.37. The molecule has 0 radical (unpaired) electrons. The van der Waals surface area contributed by atoms with Gasteiger partial charge in [0.2, 0.25) is 0 Å². The number of hydrogen-bond acceptors (Lipinski definition) is 3. The van der Waals surface area contributed by atoms with Gasteiger partial charge in [-0.15, -0.1) is 10.2 Å². The van der Waals surface area contributed by atoms with Crippen LogP contribution < -0.4 is 4.90 Å². The van der Waals surface area contributed by atoms with E-state index in [2.05, 4.69) is 52.9 Å². The minimum Gasteiger partial charge on any atom is -0.334 e. The van der Waals surface area contributed by atoms with Crippen LogP contribution in [0.5, 0.6) is 0 Å². The summed E-state index contributed by atoms with van der Waals surface area (Å²) in [5, 5.41) is 10.2. The average molecular weight is 344 g/mol. The molecule has 4 rings (SSSR count). The van der Waals surface area contributed by atoms with Crippen molar-refractivity contribution in [2.24, 2.45) is 0 Å². The number of nitrogens with zero attached hydrogens (tertiary/aromatic N) is 3. The molecule has 2 aromatic rings. The molecule has 0 amide bonds. The standard InChI is InChI=1S/C19H26N4S/c1-19(2)14-15-8-4-5-9-16(15)17-20-21-18(23(17)19)24-13-12-22-10-6-3-7-11-22/h4-5,8-9H,3,6-7,10-14H2,1-2H3/p+1. The second kappa shape index (κ2) is 6.52. The summed E-state index contributed by atoms with van der Waals surface area (Å²) in [6, 6.07) is 8.62. The van der Waals surface area contributed by atoms with E-state index in [9.17, 15) is 0 Å². The molecule has 1 N–H and O–H groups in total. The Kier molecular flexibility index (Phi) is 4.39. The first-order chi connectivity index (χ1) is 11.6. The molecule has 24 heavy (non-hydrogen) atoms. The molecule has 0 atom stereocenters. The van der Waals surface area contributed by atoms with Crippen LogP contribution in [0, 0.1) is 0 Å². The molecule has 1 saturated heterocycles. The highest BCUT2D eigenvalue weighted by molar-refractivity contribution is 7.99. The van der Waals surface area contributed by atoms with E-state index in [1.54, 1.807) is 4.90 Å². The Morgan fingerprint density at radius 2 is 1.92 bits per heavy atom. The average Bonchev–Trinajstić information content (AvgIpc) is 3.01. The van der Waals surface area contributed by atoms with Gasteiger partial charge in [0.05, 0.1) is 25.4 Å². The van der Waals surface area contributed by atoms with Crippen molar-refractivity contribution < 1.29 is 4.90 Å². The van der Waals surface area contributed by atoms with E-state index in [0.717, 1.165) is 23.2 Å². The molecule has 0 spiro atoms. The van der Waals surface area contributed by atoms with Gasteiger partial charge in [-0.05, 0) is 45.1 Å². The molecule has 0 saturated carbocycles. The summed E-state index contributed by atoms with van der Waals surface area (Å²) in [4.78, 5) is 1.76. The fourth-order valence-electron chi connectivity index (χ4n) is 4.11. The molecule has 128 valence electrons. The Hall–Kier alpha value is -1.33. The van der Waals surface area contributed by atoms with Crippen LogP contribution in [-0.4, -0.2) is 40.2 Å². The first-order valence-corrected chi connectivity index (χ1v) is 10.1. The molecule has 1 aromatic heterocycles. The minimum atomic E-state index is 0.0352. The second-order valence-electron chi connectivity index (χ2n) is 7.70. The Bertz CT molecular complexity index is 716. The van der Waals surface area contributed by atoms with Crippen LogP contribution >= 0.6 is 11.8 Å². The molecule has 0 aliphatic carbocycles. The topological polar surface area (TPSA) is 35.2 Å². The van der Waals surface area contributed by atoms with Crippen LogP contribution in [0.25, 0.3) is 11.4 Å². The summed E-state index contributed by atoms with van der Waals surface area (Å²) in [6.45, 7) is 8.53. The molecule has 0 bridgehead atoms. The van der Waals surface area contributed by atoms with Gasteiger partial charge >= 0.3 is 0 Å². The first-order valence-electron chi connectivity index (χ1n) is 9.16. The van der Waals surface area contributed by atoms with Crippen LogP contribution in [0.4, 0.5) is 0 Å². The lowest BCUT2D eigenvalue weighted by Gasteiger charge is -2.34. The third-order valence-corrected chi connectivity index (χ3v) is 6.30. The zero-order valence-electron chi connectivity index (χ0n) is 14.7. The molecule has 2 aliphatic rings. The second-order valence-corrected chi connectivity index (χ2v) is 8.76. The molecule has 1 fully saturated rings. The monoisotopic (exact) mass is 343 g/mol. The highest BCUT2D eigenvalue weighted by Gasteiger charge is 2.34. The summed E-state index contributed by atoms with van der Waals surface area (Å²) < 4.78 is 2.37. The van der Waals surface area contributed by atoms with Crippen molar-refractivity contribution in [1.82, 2.24) is 14.8 Å². The van der Waals surface area contributed by atoms with Crippen molar-refractivity contribution in [2.45, 2.75) is 50.2 Å². The fourth-order valence-corrected chi connectivity index (χ4v) is 5.24. The van der Waals surface area contributed by atoms with Gasteiger partial charge in [0.1, 0.15) is 0 Å². The number of likely N-dealkylation sites (tertiary alicyclic amines) is 1. The Labute approximate surface area is 148 Å². The molecule has 1 aromatic carbocycles. The number of benzene rings is 1. The lowest BCUT2D eigenvalue weighted by Crippen LogP contribution is -3.13. The van der Waals surface area contributed by atoms with Crippen LogP contribution in [0.15, 0.2) is 29.4 Å². The number of thioether (sulfide) groups is 1. The maximum Gasteiger partial charge on any atom is 0.192 e. The number of aromatic nitrogens is 3. The van der Waals surface area contributed by atoms with Crippen molar-refractivity contribution in [3.05, 3.63) is 29.8 Å². The van der Waals surface area contributed by atoms with Crippen LogP contribution in [0.2, 0.25) is 0 Å². The van der Waals surface area contributed by atoms with Gasteiger partial charge in [-0.25, -0.2) is 0 Å². The number of quaternary nitrogens is 1. The smallest absolute Gasteiger partial charge is 0.192 e. The summed E-state index contributed by atoms with van der Waals surface area (Å²) in [5.41, 5.74) is 2.67.